The van der Waals surface area contributed by atoms with E-state index in [1.54, 1.807) is 6.92 Å². The first-order valence-electron chi connectivity index (χ1n) is 8.27. The maximum absolute atomic E-state index is 12.1. The zero-order valence-corrected chi connectivity index (χ0v) is 14.6. The highest BCUT2D eigenvalue weighted by Crippen LogP contribution is 2.23. The van der Waals surface area contributed by atoms with Gasteiger partial charge in [-0.3, -0.25) is 9.78 Å². The molecule has 6 nitrogen and oxygen atoms in total. The van der Waals surface area contributed by atoms with Crippen LogP contribution in [-0.2, 0) is 9.53 Å². The number of fused-ring (bicyclic) bond motifs is 1. The lowest BCUT2D eigenvalue weighted by atomic mass is 10.00. The average Bonchev–Trinajstić information content (AvgIpc) is 2.66. The molecule has 3 rings (SSSR count). The number of esters is 1. The van der Waals surface area contributed by atoms with Gasteiger partial charge in [-0.25, -0.2) is 9.78 Å². The number of aryl methyl sites for hydroxylation is 1. The van der Waals surface area contributed by atoms with E-state index in [0.29, 0.717) is 5.69 Å². The Balaban J connectivity index is 1.60. The Bertz CT molecular complexity index is 933. The lowest BCUT2D eigenvalue weighted by Crippen LogP contribution is -2.31. The van der Waals surface area contributed by atoms with Crippen molar-refractivity contribution in [2.75, 3.05) is 6.61 Å². The van der Waals surface area contributed by atoms with Crippen LogP contribution < -0.4 is 5.32 Å². The van der Waals surface area contributed by atoms with Crippen molar-refractivity contribution in [3.8, 4) is 0 Å². The summed E-state index contributed by atoms with van der Waals surface area (Å²) < 4.78 is 5.00. The topological polar surface area (TPSA) is 81.2 Å². The van der Waals surface area contributed by atoms with Gasteiger partial charge < -0.3 is 10.1 Å². The Morgan fingerprint density at radius 2 is 1.85 bits per heavy atom. The molecule has 0 aliphatic rings. The van der Waals surface area contributed by atoms with Crippen molar-refractivity contribution < 1.29 is 14.3 Å². The third kappa shape index (κ3) is 4.03. The fourth-order valence-electron chi connectivity index (χ4n) is 2.69. The maximum atomic E-state index is 12.1. The second-order valence-electron chi connectivity index (χ2n) is 5.98. The number of amides is 1. The molecule has 6 heteroatoms. The van der Waals surface area contributed by atoms with Crippen LogP contribution in [0.1, 0.15) is 34.7 Å². The number of ether oxygens (including phenoxy) is 1. The maximum Gasteiger partial charge on any atom is 0.359 e. The first-order valence-corrected chi connectivity index (χ1v) is 8.27. The molecule has 2 aromatic carbocycles. The van der Waals surface area contributed by atoms with Gasteiger partial charge in [0, 0.05) is 6.20 Å². The van der Waals surface area contributed by atoms with Crippen LogP contribution in [0.15, 0.2) is 54.9 Å². The molecular formula is C20H19N3O3. The van der Waals surface area contributed by atoms with Crippen LogP contribution in [0.25, 0.3) is 10.8 Å². The third-order valence-electron chi connectivity index (χ3n) is 3.99. The number of hydrogen-bond donors (Lipinski definition) is 1. The van der Waals surface area contributed by atoms with Gasteiger partial charge in [-0.2, -0.15) is 0 Å². The van der Waals surface area contributed by atoms with Crippen LogP contribution in [-0.4, -0.2) is 28.5 Å². The smallest absolute Gasteiger partial charge is 0.359 e. The molecule has 0 spiro atoms. The van der Waals surface area contributed by atoms with E-state index in [1.165, 1.54) is 12.4 Å². The quantitative estimate of drug-likeness (QED) is 0.716. The van der Waals surface area contributed by atoms with Crippen LogP contribution in [0.4, 0.5) is 0 Å². The third-order valence-corrected chi connectivity index (χ3v) is 3.99. The van der Waals surface area contributed by atoms with Crippen LogP contribution >= 0.6 is 0 Å². The summed E-state index contributed by atoms with van der Waals surface area (Å²) in [4.78, 5) is 31.9. The van der Waals surface area contributed by atoms with Crippen LogP contribution in [0.5, 0.6) is 0 Å². The highest BCUT2D eigenvalue weighted by Gasteiger charge is 2.15. The second-order valence-corrected chi connectivity index (χ2v) is 5.98. The van der Waals surface area contributed by atoms with E-state index in [4.69, 9.17) is 4.74 Å². The summed E-state index contributed by atoms with van der Waals surface area (Å²) in [6, 6.07) is 13.7. The number of carbonyl (C=O) groups is 2. The van der Waals surface area contributed by atoms with Crippen molar-refractivity contribution in [1.29, 1.82) is 0 Å². The molecule has 1 heterocycles. The molecule has 0 fully saturated rings. The summed E-state index contributed by atoms with van der Waals surface area (Å²) in [5.74, 6) is -1.05. The van der Waals surface area contributed by atoms with Crippen molar-refractivity contribution >= 4 is 22.6 Å². The molecule has 3 aromatic rings. The normalized spacial score (nSPS) is 11.8. The molecule has 1 aromatic heterocycles. The van der Waals surface area contributed by atoms with Gasteiger partial charge in [0.25, 0.3) is 5.91 Å². The average molecular weight is 349 g/mol. The van der Waals surface area contributed by atoms with Gasteiger partial charge in [-0.05, 0) is 30.2 Å². The number of nitrogens with one attached hydrogen (secondary N) is 1. The second kappa shape index (κ2) is 7.74. The van der Waals surface area contributed by atoms with Crippen LogP contribution in [0.2, 0.25) is 0 Å². The Labute approximate surface area is 151 Å². The van der Waals surface area contributed by atoms with E-state index in [2.05, 4.69) is 15.3 Å². The van der Waals surface area contributed by atoms with E-state index in [1.807, 2.05) is 49.4 Å². The van der Waals surface area contributed by atoms with Crippen LogP contribution in [0.3, 0.4) is 0 Å². The fourth-order valence-corrected chi connectivity index (χ4v) is 2.69. The van der Waals surface area contributed by atoms with Gasteiger partial charge in [0.15, 0.2) is 12.3 Å². The minimum atomic E-state index is -0.675. The van der Waals surface area contributed by atoms with E-state index in [0.717, 1.165) is 16.3 Å². The van der Waals surface area contributed by atoms with Crippen LogP contribution in [0, 0.1) is 6.92 Å². The highest BCUT2D eigenvalue weighted by atomic mass is 16.5. The lowest BCUT2D eigenvalue weighted by molar-refractivity contribution is -0.124. The lowest BCUT2D eigenvalue weighted by Gasteiger charge is -2.16. The van der Waals surface area contributed by atoms with E-state index < -0.39 is 5.97 Å². The summed E-state index contributed by atoms with van der Waals surface area (Å²) in [5.41, 5.74) is 1.78. The molecule has 0 saturated heterocycles. The molecule has 0 unspecified atom stereocenters. The number of benzene rings is 2. The number of rotatable bonds is 5. The number of aromatic nitrogens is 2. The summed E-state index contributed by atoms with van der Waals surface area (Å²) in [6.07, 6.45) is 2.80. The number of hydrogen-bond acceptors (Lipinski definition) is 5. The Hall–Kier alpha value is -3.28. The zero-order chi connectivity index (χ0) is 18.5. The summed E-state index contributed by atoms with van der Waals surface area (Å²) in [7, 11) is 0. The van der Waals surface area contributed by atoms with Gasteiger partial charge >= 0.3 is 5.97 Å². The molecule has 26 heavy (non-hydrogen) atoms. The molecule has 1 N–H and O–H groups in total. The number of carbonyl (C=O) groups excluding carboxylic acids is 2. The minimum absolute atomic E-state index is 0.0745. The summed E-state index contributed by atoms with van der Waals surface area (Å²) in [5, 5.41) is 5.04. The molecule has 1 amide bonds. The van der Waals surface area contributed by atoms with E-state index >= 15 is 0 Å². The molecule has 132 valence electrons. The van der Waals surface area contributed by atoms with Crippen molar-refractivity contribution in [1.82, 2.24) is 15.3 Å². The largest absolute Gasteiger partial charge is 0.451 e. The SMILES string of the molecule is Cc1cnc(C(=O)OCC(=O)N[C@H](C)c2cccc3ccccc23)cn1. The fraction of sp³-hybridized carbons (Fsp3) is 0.200. The van der Waals surface area contributed by atoms with E-state index in [9.17, 15) is 9.59 Å². The molecular weight excluding hydrogens is 330 g/mol. The number of nitrogens with zero attached hydrogens (tertiary/aromatic N) is 2. The van der Waals surface area contributed by atoms with Gasteiger partial charge in [-0.1, -0.05) is 42.5 Å². The summed E-state index contributed by atoms with van der Waals surface area (Å²) >= 11 is 0. The van der Waals surface area contributed by atoms with Gasteiger partial charge in [0.2, 0.25) is 0 Å². The first-order chi connectivity index (χ1) is 12.5. The van der Waals surface area contributed by atoms with Crippen molar-refractivity contribution in [2.24, 2.45) is 0 Å². The van der Waals surface area contributed by atoms with Crippen molar-refractivity contribution in [3.63, 3.8) is 0 Å². The Morgan fingerprint density at radius 1 is 1.08 bits per heavy atom. The molecule has 0 aliphatic carbocycles. The zero-order valence-electron chi connectivity index (χ0n) is 14.6. The van der Waals surface area contributed by atoms with Crippen molar-refractivity contribution in [3.05, 3.63) is 71.8 Å². The Kier molecular flexibility index (Phi) is 5.22. The van der Waals surface area contributed by atoms with Gasteiger partial charge in [-0.15, -0.1) is 0 Å². The minimum Gasteiger partial charge on any atom is -0.451 e. The highest BCUT2D eigenvalue weighted by molar-refractivity contribution is 5.90. The first kappa shape index (κ1) is 17.5. The van der Waals surface area contributed by atoms with Gasteiger partial charge in [0.1, 0.15) is 0 Å². The molecule has 1 atom stereocenters. The van der Waals surface area contributed by atoms with E-state index in [-0.39, 0.29) is 24.2 Å². The standard InChI is InChI=1S/C20H19N3O3/c1-13-10-22-18(11-21-13)20(25)26-12-19(24)23-14(2)16-9-5-7-15-6-3-4-8-17(15)16/h3-11,14H,12H2,1-2H3,(H,23,24)/t14-/m1/s1. The molecule has 0 bridgehead atoms. The molecule has 0 saturated carbocycles. The predicted molar refractivity (Wildman–Crippen MR) is 97.6 cm³/mol. The predicted octanol–water partition coefficient (Wildman–Crippen LogP) is 2.97. The van der Waals surface area contributed by atoms with Crippen molar-refractivity contribution in [2.45, 2.75) is 19.9 Å². The molecule has 0 aliphatic heterocycles. The van der Waals surface area contributed by atoms with Gasteiger partial charge in [0.05, 0.1) is 17.9 Å². The molecule has 0 radical (unpaired) electrons. The Morgan fingerprint density at radius 3 is 2.62 bits per heavy atom. The summed E-state index contributed by atoms with van der Waals surface area (Å²) in [6.45, 7) is 3.29. The monoisotopic (exact) mass is 349 g/mol.